The number of nitrogens with zero attached hydrogens (tertiary/aromatic N) is 1. The van der Waals surface area contributed by atoms with Gasteiger partial charge >= 0.3 is 0 Å². The first-order chi connectivity index (χ1) is 9.47. The number of amides is 1. The van der Waals surface area contributed by atoms with Crippen LogP contribution in [0.15, 0.2) is 18.2 Å². The first kappa shape index (κ1) is 17.8. The Labute approximate surface area is 133 Å². The van der Waals surface area contributed by atoms with Crippen LogP contribution in [0.5, 0.6) is 0 Å². The second-order valence-electron chi connectivity index (χ2n) is 5.03. The molecule has 1 aromatic carbocycles. The largest absolute Gasteiger partial charge is 0.354 e. The summed E-state index contributed by atoms with van der Waals surface area (Å²) in [5.41, 5.74) is 6.54. The number of thiazole rings is 1. The molecule has 1 atom stereocenters. The molecule has 2 aromatic rings. The number of hydrogen-bond acceptors (Lipinski definition) is 4. The Morgan fingerprint density at radius 3 is 2.86 bits per heavy atom. The van der Waals surface area contributed by atoms with Gasteiger partial charge in [-0.3, -0.25) is 4.79 Å². The third kappa shape index (κ3) is 4.62. The highest BCUT2D eigenvalue weighted by molar-refractivity contribution is 7.18. The molecule has 0 spiro atoms. The Balaban J connectivity index is 0.00000220. The molecule has 0 aliphatic heterocycles. The van der Waals surface area contributed by atoms with Crippen molar-refractivity contribution in [3.8, 4) is 0 Å². The molecule has 1 aromatic heterocycles. The molecule has 0 saturated heterocycles. The molecule has 1 heterocycles. The number of nitrogens with one attached hydrogen (secondary N) is 1. The lowest BCUT2D eigenvalue weighted by atomic mass is 10.1. The molecule has 4 nitrogen and oxygen atoms in total. The van der Waals surface area contributed by atoms with E-state index in [1.54, 1.807) is 6.07 Å². The molecule has 0 radical (unpaired) electrons. The van der Waals surface area contributed by atoms with Crippen LogP contribution in [0.4, 0.5) is 4.39 Å². The molecular formula is C14H19ClFN3OS. The Morgan fingerprint density at radius 1 is 1.48 bits per heavy atom. The van der Waals surface area contributed by atoms with Gasteiger partial charge in [-0.25, -0.2) is 9.37 Å². The smallest absolute Gasteiger partial charge is 0.237 e. The van der Waals surface area contributed by atoms with Gasteiger partial charge in [-0.15, -0.1) is 23.7 Å². The van der Waals surface area contributed by atoms with Crippen molar-refractivity contribution >= 4 is 39.9 Å². The fourth-order valence-electron chi connectivity index (χ4n) is 1.77. The van der Waals surface area contributed by atoms with Gasteiger partial charge in [0.15, 0.2) is 0 Å². The minimum Gasteiger partial charge on any atom is -0.354 e. The third-order valence-electron chi connectivity index (χ3n) is 3.05. The second-order valence-corrected chi connectivity index (χ2v) is 6.15. The molecule has 116 valence electrons. The predicted molar refractivity (Wildman–Crippen MR) is 86.4 cm³/mol. The molecule has 0 aliphatic carbocycles. The fourth-order valence-corrected chi connectivity index (χ4v) is 2.76. The fraction of sp³-hybridized carbons (Fsp3) is 0.429. The first-order valence-electron chi connectivity index (χ1n) is 6.55. The van der Waals surface area contributed by atoms with E-state index in [1.807, 2.05) is 13.8 Å². The maximum atomic E-state index is 13.1. The molecule has 0 unspecified atom stereocenters. The lowest BCUT2D eigenvalue weighted by Gasteiger charge is -2.14. The summed E-state index contributed by atoms with van der Waals surface area (Å²) in [4.78, 5) is 16.1. The lowest BCUT2D eigenvalue weighted by Crippen LogP contribution is -2.44. The Hall–Kier alpha value is -1.24. The maximum absolute atomic E-state index is 13.1. The number of fused-ring (bicyclic) bond motifs is 1. The Bertz CT molecular complexity index is 617. The normalized spacial score (nSPS) is 12.2. The number of halogens is 2. The highest BCUT2D eigenvalue weighted by Gasteiger charge is 2.16. The van der Waals surface area contributed by atoms with Gasteiger partial charge in [-0.05, 0) is 24.1 Å². The van der Waals surface area contributed by atoms with Crippen LogP contribution in [0.25, 0.3) is 10.2 Å². The van der Waals surface area contributed by atoms with Crippen molar-refractivity contribution < 1.29 is 9.18 Å². The van der Waals surface area contributed by atoms with Crippen LogP contribution >= 0.6 is 23.7 Å². The summed E-state index contributed by atoms with van der Waals surface area (Å²) in [7, 11) is 0. The van der Waals surface area contributed by atoms with Crippen molar-refractivity contribution in [1.82, 2.24) is 10.3 Å². The van der Waals surface area contributed by atoms with E-state index >= 15 is 0 Å². The molecular weight excluding hydrogens is 313 g/mol. The van der Waals surface area contributed by atoms with Gasteiger partial charge in [-0.1, -0.05) is 13.8 Å². The molecule has 0 fully saturated rings. The van der Waals surface area contributed by atoms with Crippen molar-refractivity contribution in [3.05, 3.63) is 29.0 Å². The topological polar surface area (TPSA) is 68.0 Å². The van der Waals surface area contributed by atoms with Crippen LogP contribution in [0, 0.1) is 11.7 Å². The van der Waals surface area contributed by atoms with E-state index in [0.29, 0.717) is 13.0 Å². The molecule has 0 aliphatic rings. The van der Waals surface area contributed by atoms with E-state index in [2.05, 4.69) is 10.3 Å². The number of hydrogen-bond donors (Lipinski definition) is 2. The Morgan fingerprint density at radius 2 is 2.19 bits per heavy atom. The maximum Gasteiger partial charge on any atom is 0.237 e. The SMILES string of the molecule is CC(C)[C@H](N)C(=O)NCCc1nc2ccc(F)cc2s1.Cl. The van der Waals surface area contributed by atoms with Gasteiger partial charge in [0, 0.05) is 13.0 Å². The standard InChI is InChI=1S/C14H18FN3OS.ClH/c1-8(2)13(16)14(19)17-6-5-12-18-10-4-3-9(15)7-11(10)20-12;/h3-4,7-8,13H,5-6,16H2,1-2H3,(H,17,19);1H/t13-;/m0./s1. The average molecular weight is 332 g/mol. The van der Waals surface area contributed by atoms with Crippen LogP contribution in [-0.2, 0) is 11.2 Å². The zero-order chi connectivity index (χ0) is 14.7. The van der Waals surface area contributed by atoms with Crippen LogP contribution in [0.1, 0.15) is 18.9 Å². The molecule has 2 rings (SSSR count). The van der Waals surface area contributed by atoms with Gasteiger partial charge in [-0.2, -0.15) is 0 Å². The van der Waals surface area contributed by atoms with E-state index < -0.39 is 6.04 Å². The first-order valence-corrected chi connectivity index (χ1v) is 7.37. The van der Waals surface area contributed by atoms with Gasteiger partial charge < -0.3 is 11.1 Å². The molecule has 7 heteroatoms. The van der Waals surface area contributed by atoms with E-state index in [9.17, 15) is 9.18 Å². The van der Waals surface area contributed by atoms with Gasteiger partial charge in [0.05, 0.1) is 21.3 Å². The summed E-state index contributed by atoms with van der Waals surface area (Å²) in [6, 6.07) is 4.05. The number of carbonyl (C=O) groups is 1. The predicted octanol–water partition coefficient (Wildman–Crippen LogP) is 2.50. The third-order valence-corrected chi connectivity index (χ3v) is 4.13. The minimum atomic E-state index is -0.487. The molecule has 0 bridgehead atoms. The van der Waals surface area contributed by atoms with Crippen molar-refractivity contribution in [2.45, 2.75) is 26.3 Å². The summed E-state index contributed by atoms with van der Waals surface area (Å²) in [5, 5.41) is 3.68. The van der Waals surface area contributed by atoms with Crippen LogP contribution in [0.3, 0.4) is 0 Å². The van der Waals surface area contributed by atoms with E-state index in [-0.39, 0.29) is 30.0 Å². The zero-order valence-corrected chi connectivity index (χ0v) is 13.6. The second kappa shape index (κ2) is 7.68. The number of carbonyl (C=O) groups excluding carboxylic acids is 1. The average Bonchev–Trinajstić information content (AvgIpc) is 2.79. The summed E-state index contributed by atoms with van der Waals surface area (Å²) >= 11 is 1.44. The van der Waals surface area contributed by atoms with Gasteiger partial charge in [0.1, 0.15) is 5.82 Å². The lowest BCUT2D eigenvalue weighted by molar-refractivity contribution is -0.123. The summed E-state index contributed by atoms with van der Waals surface area (Å²) in [6.45, 7) is 4.31. The Kier molecular flexibility index (Phi) is 6.51. The number of benzene rings is 1. The van der Waals surface area contributed by atoms with Crippen LogP contribution in [-0.4, -0.2) is 23.5 Å². The number of rotatable bonds is 5. The minimum absolute atomic E-state index is 0. The molecule has 0 saturated carbocycles. The van der Waals surface area contributed by atoms with Gasteiger partial charge in [0.25, 0.3) is 0 Å². The van der Waals surface area contributed by atoms with E-state index in [4.69, 9.17) is 5.73 Å². The van der Waals surface area contributed by atoms with Crippen LogP contribution < -0.4 is 11.1 Å². The van der Waals surface area contributed by atoms with Gasteiger partial charge in [0.2, 0.25) is 5.91 Å². The van der Waals surface area contributed by atoms with E-state index in [1.165, 1.54) is 23.5 Å². The van der Waals surface area contributed by atoms with Crippen LogP contribution in [0.2, 0.25) is 0 Å². The van der Waals surface area contributed by atoms with Crippen molar-refractivity contribution in [2.24, 2.45) is 11.7 Å². The summed E-state index contributed by atoms with van der Waals surface area (Å²) in [6.07, 6.45) is 0.623. The highest BCUT2D eigenvalue weighted by atomic mass is 35.5. The molecule has 1 amide bonds. The molecule has 3 N–H and O–H groups in total. The summed E-state index contributed by atoms with van der Waals surface area (Å²) in [5.74, 6) is -0.295. The van der Waals surface area contributed by atoms with E-state index in [0.717, 1.165) is 15.2 Å². The van der Waals surface area contributed by atoms with Crippen molar-refractivity contribution in [3.63, 3.8) is 0 Å². The quantitative estimate of drug-likeness (QED) is 0.884. The number of aromatic nitrogens is 1. The van der Waals surface area contributed by atoms with Crippen molar-refractivity contribution in [1.29, 1.82) is 0 Å². The summed E-state index contributed by atoms with van der Waals surface area (Å²) < 4.78 is 13.9. The molecule has 21 heavy (non-hydrogen) atoms. The highest BCUT2D eigenvalue weighted by Crippen LogP contribution is 2.22. The zero-order valence-electron chi connectivity index (χ0n) is 11.9. The number of nitrogens with two attached hydrogens (primary N) is 1. The van der Waals surface area contributed by atoms with Crippen molar-refractivity contribution in [2.75, 3.05) is 6.54 Å². The monoisotopic (exact) mass is 331 g/mol.